The zero-order chi connectivity index (χ0) is 17.7. The fraction of sp³-hybridized carbons (Fsp3) is 0.375. The maximum atomic E-state index is 11.8. The van der Waals surface area contributed by atoms with Gasteiger partial charge in [-0.2, -0.15) is 0 Å². The molecule has 1 heterocycles. The van der Waals surface area contributed by atoms with Crippen LogP contribution in [0.15, 0.2) is 23.6 Å². The van der Waals surface area contributed by atoms with E-state index >= 15 is 0 Å². The van der Waals surface area contributed by atoms with E-state index in [4.69, 9.17) is 4.74 Å². The van der Waals surface area contributed by atoms with Crippen molar-refractivity contribution in [3.8, 4) is 10.6 Å². The topological polar surface area (TPSA) is 85.6 Å². The standard InChI is InChI=1S/C16H19N3O4S/c1-4-18(5-2)11-7-8-14(19(21)22)12(9-11)15-17-13(10-24-15)16(20)23-6-3/h7-10H,4-6H2,1-3H3. The number of thiazole rings is 1. The SMILES string of the molecule is CCOC(=O)c1csc(-c2cc(N(CC)CC)ccc2[N+](=O)[O-])n1. The summed E-state index contributed by atoms with van der Waals surface area (Å²) in [5.74, 6) is -0.525. The van der Waals surface area contributed by atoms with Gasteiger partial charge in [-0.3, -0.25) is 10.1 Å². The average Bonchev–Trinajstić information content (AvgIpc) is 3.06. The Bertz CT molecular complexity index is 741. The van der Waals surface area contributed by atoms with Crippen molar-refractivity contribution in [3.05, 3.63) is 39.4 Å². The lowest BCUT2D eigenvalue weighted by Gasteiger charge is -2.21. The number of nitro groups is 1. The molecule has 0 aliphatic rings. The van der Waals surface area contributed by atoms with Crippen LogP contribution in [-0.2, 0) is 4.74 Å². The largest absolute Gasteiger partial charge is 0.461 e. The van der Waals surface area contributed by atoms with Gasteiger partial charge in [0.25, 0.3) is 5.69 Å². The number of anilines is 1. The van der Waals surface area contributed by atoms with Gasteiger partial charge in [-0.1, -0.05) is 0 Å². The molecule has 128 valence electrons. The van der Waals surface area contributed by atoms with Crippen LogP contribution in [0.1, 0.15) is 31.3 Å². The zero-order valence-corrected chi connectivity index (χ0v) is 14.6. The Balaban J connectivity index is 2.48. The molecular formula is C16H19N3O4S. The molecular weight excluding hydrogens is 330 g/mol. The Kier molecular flexibility index (Phi) is 5.86. The quantitative estimate of drug-likeness (QED) is 0.430. The van der Waals surface area contributed by atoms with Gasteiger partial charge in [-0.05, 0) is 32.9 Å². The molecule has 24 heavy (non-hydrogen) atoms. The number of carbonyl (C=O) groups excluding carboxylic acids is 1. The van der Waals surface area contributed by atoms with Crippen molar-refractivity contribution < 1.29 is 14.5 Å². The molecule has 0 radical (unpaired) electrons. The van der Waals surface area contributed by atoms with Gasteiger partial charge < -0.3 is 9.64 Å². The number of nitrogens with zero attached hydrogens (tertiary/aromatic N) is 3. The summed E-state index contributed by atoms with van der Waals surface area (Å²) in [5.41, 5.74) is 1.42. The molecule has 0 saturated heterocycles. The third kappa shape index (κ3) is 3.70. The smallest absolute Gasteiger partial charge is 0.357 e. The third-order valence-electron chi connectivity index (χ3n) is 3.52. The Hall–Kier alpha value is -2.48. The molecule has 0 aliphatic carbocycles. The lowest BCUT2D eigenvalue weighted by Crippen LogP contribution is -2.21. The highest BCUT2D eigenvalue weighted by atomic mass is 32.1. The molecule has 0 fully saturated rings. The first-order valence-corrected chi connectivity index (χ1v) is 8.56. The summed E-state index contributed by atoms with van der Waals surface area (Å²) in [6.45, 7) is 7.59. The van der Waals surface area contributed by atoms with Crippen molar-refractivity contribution in [1.82, 2.24) is 4.98 Å². The van der Waals surface area contributed by atoms with E-state index in [0.29, 0.717) is 10.6 Å². The summed E-state index contributed by atoms with van der Waals surface area (Å²) in [6.07, 6.45) is 0. The maximum absolute atomic E-state index is 11.8. The molecule has 0 amide bonds. The third-order valence-corrected chi connectivity index (χ3v) is 4.40. The molecule has 0 bridgehead atoms. The lowest BCUT2D eigenvalue weighted by molar-refractivity contribution is -0.384. The Morgan fingerprint density at radius 1 is 1.33 bits per heavy atom. The predicted molar refractivity (Wildman–Crippen MR) is 93.7 cm³/mol. The number of esters is 1. The first kappa shape index (κ1) is 17.9. The summed E-state index contributed by atoms with van der Waals surface area (Å²) < 4.78 is 4.91. The summed E-state index contributed by atoms with van der Waals surface area (Å²) in [7, 11) is 0. The first-order chi connectivity index (χ1) is 11.5. The number of aromatic nitrogens is 1. The van der Waals surface area contributed by atoms with Gasteiger partial charge in [0.15, 0.2) is 5.69 Å². The van der Waals surface area contributed by atoms with E-state index in [0.717, 1.165) is 18.8 Å². The van der Waals surface area contributed by atoms with Gasteiger partial charge in [0, 0.05) is 30.2 Å². The second kappa shape index (κ2) is 7.87. The zero-order valence-electron chi connectivity index (χ0n) is 13.8. The van der Waals surface area contributed by atoms with Gasteiger partial charge in [0.05, 0.1) is 17.1 Å². The number of nitro benzene ring substituents is 1. The van der Waals surface area contributed by atoms with Crippen LogP contribution in [0, 0.1) is 10.1 Å². The minimum atomic E-state index is -0.525. The van der Waals surface area contributed by atoms with E-state index in [2.05, 4.69) is 9.88 Å². The van der Waals surface area contributed by atoms with E-state index < -0.39 is 10.9 Å². The van der Waals surface area contributed by atoms with E-state index in [9.17, 15) is 14.9 Å². The highest BCUT2D eigenvalue weighted by Gasteiger charge is 2.21. The number of carbonyl (C=O) groups is 1. The van der Waals surface area contributed by atoms with E-state index in [1.165, 1.54) is 17.4 Å². The number of rotatable bonds is 7. The molecule has 0 unspecified atom stereocenters. The number of hydrogen-bond acceptors (Lipinski definition) is 7. The van der Waals surface area contributed by atoms with Crippen molar-refractivity contribution in [1.29, 1.82) is 0 Å². The van der Waals surface area contributed by atoms with Crippen LogP contribution in [0.3, 0.4) is 0 Å². The van der Waals surface area contributed by atoms with Crippen LogP contribution in [-0.4, -0.2) is 35.6 Å². The Labute approximate surface area is 144 Å². The van der Waals surface area contributed by atoms with E-state index in [1.54, 1.807) is 24.4 Å². The molecule has 8 heteroatoms. The van der Waals surface area contributed by atoms with Crippen molar-refractivity contribution >= 4 is 28.7 Å². The molecule has 0 atom stereocenters. The fourth-order valence-electron chi connectivity index (χ4n) is 2.34. The lowest BCUT2D eigenvalue weighted by atomic mass is 10.1. The second-order valence-corrected chi connectivity index (χ2v) is 5.75. The normalized spacial score (nSPS) is 10.5. The molecule has 0 aliphatic heterocycles. The minimum absolute atomic E-state index is 0.0318. The van der Waals surface area contributed by atoms with Crippen LogP contribution in [0.5, 0.6) is 0 Å². The molecule has 7 nitrogen and oxygen atoms in total. The predicted octanol–water partition coefficient (Wildman–Crippen LogP) is 3.74. The molecule has 0 N–H and O–H groups in total. The van der Waals surface area contributed by atoms with E-state index in [1.807, 2.05) is 13.8 Å². The maximum Gasteiger partial charge on any atom is 0.357 e. The fourth-order valence-corrected chi connectivity index (χ4v) is 3.15. The van der Waals surface area contributed by atoms with Gasteiger partial charge >= 0.3 is 5.97 Å². The van der Waals surface area contributed by atoms with Crippen molar-refractivity contribution in [2.75, 3.05) is 24.6 Å². The first-order valence-electron chi connectivity index (χ1n) is 7.68. The molecule has 1 aromatic heterocycles. The Morgan fingerprint density at radius 2 is 2.04 bits per heavy atom. The summed E-state index contributed by atoms with van der Waals surface area (Å²) >= 11 is 1.19. The monoisotopic (exact) mass is 349 g/mol. The number of benzene rings is 1. The van der Waals surface area contributed by atoms with Gasteiger partial charge in [0.2, 0.25) is 0 Å². The number of hydrogen-bond donors (Lipinski definition) is 0. The highest BCUT2D eigenvalue weighted by molar-refractivity contribution is 7.13. The molecule has 0 saturated carbocycles. The van der Waals surface area contributed by atoms with Gasteiger partial charge in [-0.25, -0.2) is 9.78 Å². The van der Waals surface area contributed by atoms with Crippen LogP contribution in [0.2, 0.25) is 0 Å². The van der Waals surface area contributed by atoms with Crippen molar-refractivity contribution in [3.63, 3.8) is 0 Å². The Morgan fingerprint density at radius 3 is 2.62 bits per heavy atom. The summed E-state index contributed by atoms with van der Waals surface area (Å²) in [4.78, 5) is 29.0. The number of ether oxygens (including phenoxy) is 1. The molecule has 2 aromatic rings. The average molecular weight is 349 g/mol. The highest BCUT2D eigenvalue weighted by Crippen LogP contribution is 2.35. The molecule has 2 rings (SSSR count). The van der Waals surface area contributed by atoms with Crippen LogP contribution in [0.25, 0.3) is 10.6 Å². The van der Waals surface area contributed by atoms with Crippen LogP contribution in [0.4, 0.5) is 11.4 Å². The summed E-state index contributed by atoms with van der Waals surface area (Å²) in [6, 6.07) is 4.96. The van der Waals surface area contributed by atoms with E-state index in [-0.39, 0.29) is 18.0 Å². The van der Waals surface area contributed by atoms with Crippen LogP contribution < -0.4 is 4.90 Å². The second-order valence-electron chi connectivity index (χ2n) is 4.89. The van der Waals surface area contributed by atoms with Crippen LogP contribution >= 0.6 is 11.3 Å². The molecule has 0 spiro atoms. The summed E-state index contributed by atoms with van der Waals surface area (Å²) in [5, 5.41) is 13.3. The van der Waals surface area contributed by atoms with Gasteiger partial charge in [0.1, 0.15) is 5.01 Å². The van der Waals surface area contributed by atoms with Crippen molar-refractivity contribution in [2.24, 2.45) is 0 Å². The minimum Gasteiger partial charge on any atom is -0.461 e. The molecule has 1 aromatic carbocycles. The van der Waals surface area contributed by atoms with Gasteiger partial charge in [-0.15, -0.1) is 11.3 Å². The van der Waals surface area contributed by atoms with Crippen molar-refractivity contribution in [2.45, 2.75) is 20.8 Å².